The Morgan fingerprint density at radius 2 is 1.20 bits per heavy atom. The molecular weight excluding hydrogens is 788 g/mol. The molecule has 1 aliphatic rings. The Balaban J connectivity index is 1.01. The maximum atomic E-state index is 14.9. The zero-order valence-electron chi connectivity index (χ0n) is 37.9. The van der Waals surface area contributed by atoms with Crippen molar-refractivity contribution in [2.45, 2.75) is 66.2 Å². The van der Waals surface area contributed by atoms with E-state index in [2.05, 4.69) is 179 Å². The van der Waals surface area contributed by atoms with Crippen molar-refractivity contribution in [3.63, 3.8) is 0 Å². The Kier molecular flexibility index (Phi) is 9.94. The first-order chi connectivity index (χ1) is 30.7. The van der Waals surface area contributed by atoms with Gasteiger partial charge in [-0.05, 0) is 148 Å². The predicted octanol–water partition coefficient (Wildman–Crippen LogP) is 15.9. The molecular formula is C58H53FN4O. The summed E-state index contributed by atoms with van der Waals surface area (Å²) in [4.78, 5) is 9.72. The molecule has 0 amide bonds. The van der Waals surface area contributed by atoms with Gasteiger partial charge in [-0.1, -0.05) is 108 Å². The van der Waals surface area contributed by atoms with Gasteiger partial charge in [0, 0.05) is 40.5 Å². The summed E-state index contributed by atoms with van der Waals surface area (Å²) in [5, 5.41) is 1.73. The van der Waals surface area contributed by atoms with Gasteiger partial charge in [-0.2, -0.15) is 0 Å². The maximum absolute atomic E-state index is 14.9. The van der Waals surface area contributed by atoms with Gasteiger partial charge in [-0.15, -0.1) is 0 Å². The summed E-state index contributed by atoms with van der Waals surface area (Å²) in [5.74, 6) is 1.85. The summed E-state index contributed by atoms with van der Waals surface area (Å²) in [6.45, 7) is 18.6. The number of hydrogen-bond acceptors (Lipinski definition) is 4. The topological polar surface area (TPSA) is 33.5 Å². The van der Waals surface area contributed by atoms with E-state index in [9.17, 15) is 4.39 Å². The van der Waals surface area contributed by atoms with E-state index >= 15 is 0 Å². The van der Waals surface area contributed by atoms with E-state index < -0.39 is 0 Å². The van der Waals surface area contributed by atoms with E-state index in [0.29, 0.717) is 12.4 Å². The molecule has 0 atom stereocenters. The third kappa shape index (κ3) is 7.47. The van der Waals surface area contributed by atoms with Crippen LogP contribution in [-0.4, -0.2) is 16.2 Å². The number of ether oxygens (including phenoxy) is 1. The van der Waals surface area contributed by atoms with Gasteiger partial charge in [0.2, 0.25) is 0 Å². The minimum atomic E-state index is -0.284. The highest BCUT2D eigenvalue weighted by Gasteiger charge is 2.31. The summed E-state index contributed by atoms with van der Waals surface area (Å²) in [6.07, 6.45) is 1.87. The van der Waals surface area contributed by atoms with Crippen LogP contribution in [-0.2, 0) is 10.8 Å². The number of nitrogens with zero attached hydrogens (tertiary/aromatic N) is 4. The number of halogens is 1. The molecule has 0 aliphatic carbocycles. The van der Waals surface area contributed by atoms with Crippen molar-refractivity contribution >= 4 is 44.6 Å². The van der Waals surface area contributed by atoms with E-state index in [0.717, 1.165) is 50.3 Å². The summed E-state index contributed by atoms with van der Waals surface area (Å²) >= 11 is 0. The molecule has 9 aromatic rings. The minimum absolute atomic E-state index is 0.00213. The Hall–Kier alpha value is -7.18. The molecule has 0 N–H and O–H groups in total. The number of aromatic nitrogens is 2. The molecule has 6 heteroatoms. The molecule has 0 spiro atoms. The summed E-state index contributed by atoms with van der Waals surface area (Å²) in [7, 11) is 0. The highest BCUT2D eigenvalue weighted by atomic mass is 19.1. The van der Waals surface area contributed by atoms with E-state index in [-0.39, 0.29) is 16.6 Å². The fraction of sp³-hybridized carbons (Fsp3) is 0.190. The fourth-order valence-electron chi connectivity index (χ4n) is 9.36. The number of pyridine rings is 1. The number of benzene rings is 7. The van der Waals surface area contributed by atoms with Crippen molar-refractivity contribution < 1.29 is 9.13 Å². The molecule has 318 valence electrons. The Morgan fingerprint density at radius 3 is 1.95 bits per heavy atom. The first-order valence-corrected chi connectivity index (χ1v) is 22.1. The molecule has 0 unspecified atom stereocenters. The van der Waals surface area contributed by atoms with Gasteiger partial charge in [0.25, 0.3) is 0 Å². The summed E-state index contributed by atoms with van der Waals surface area (Å²) in [6, 6.07) is 54.4. The molecule has 0 fully saturated rings. The van der Waals surface area contributed by atoms with Gasteiger partial charge in [0.05, 0.1) is 22.4 Å². The SMILES string of the molecule is Cc1cc(-c2ccccc2)cc(C)c1-c1ccnc(-n2c3ccc(F)cc3c3ccc(Oc4cccc(N5CN(c6cccc(C(C)(C)C)c6)c6cc(C(C)(C)C)ccc65)c4)cc32)c1. The van der Waals surface area contributed by atoms with Crippen molar-refractivity contribution in [3.05, 3.63) is 192 Å². The molecule has 2 aromatic heterocycles. The summed E-state index contributed by atoms with van der Waals surface area (Å²) in [5.41, 5.74) is 15.9. The minimum Gasteiger partial charge on any atom is -0.457 e. The number of fused-ring (bicyclic) bond motifs is 4. The lowest BCUT2D eigenvalue weighted by Gasteiger charge is -2.26. The van der Waals surface area contributed by atoms with Crippen molar-refractivity contribution in [3.8, 4) is 39.6 Å². The van der Waals surface area contributed by atoms with Crippen LogP contribution in [0.15, 0.2) is 164 Å². The molecule has 3 heterocycles. The van der Waals surface area contributed by atoms with Crippen LogP contribution in [0.4, 0.5) is 27.1 Å². The monoisotopic (exact) mass is 840 g/mol. The standard InChI is InChI=1S/C58H53FN4O/c1-37-28-41(39-14-10-9-11-15-39)29-38(2)56(37)40-26-27-60-55(30-40)63-51-25-21-44(59)33-50(51)49-23-22-48(35-53(49)63)64-47-19-13-18-46(34-47)61-36-62(45-17-12-16-42(31-45)57(3,4)5)54-32-43(58(6,7)8)20-24-52(54)61/h9-35H,36H2,1-8H3. The fourth-order valence-corrected chi connectivity index (χ4v) is 9.36. The van der Waals surface area contributed by atoms with Crippen LogP contribution >= 0.6 is 0 Å². The van der Waals surface area contributed by atoms with E-state index in [1.54, 1.807) is 6.07 Å². The van der Waals surface area contributed by atoms with Crippen LogP contribution in [0.5, 0.6) is 11.5 Å². The zero-order chi connectivity index (χ0) is 44.5. The van der Waals surface area contributed by atoms with Gasteiger partial charge < -0.3 is 14.5 Å². The van der Waals surface area contributed by atoms with Crippen LogP contribution in [0.1, 0.15) is 63.8 Å². The molecule has 0 saturated carbocycles. The lowest BCUT2D eigenvalue weighted by Crippen LogP contribution is -2.24. The molecule has 7 aromatic carbocycles. The van der Waals surface area contributed by atoms with Crippen LogP contribution < -0.4 is 14.5 Å². The van der Waals surface area contributed by atoms with Gasteiger partial charge in [0.1, 0.15) is 29.8 Å². The molecule has 0 bridgehead atoms. The van der Waals surface area contributed by atoms with Crippen LogP contribution in [0.25, 0.3) is 49.9 Å². The molecule has 10 rings (SSSR count). The van der Waals surface area contributed by atoms with Crippen molar-refractivity contribution in [2.24, 2.45) is 0 Å². The second kappa shape index (κ2) is 15.6. The van der Waals surface area contributed by atoms with E-state index in [1.807, 2.05) is 42.6 Å². The van der Waals surface area contributed by atoms with Crippen LogP contribution in [0.2, 0.25) is 0 Å². The number of aryl methyl sites for hydroxylation is 2. The van der Waals surface area contributed by atoms with Gasteiger partial charge in [0.15, 0.2) is 0 Å². The second-order valence-electron chi connectivity index (χ2n) is 19.3. The Labute approximate surface area is 376 Å². The average molecular weight is 841 g/mol. The Bertz CT molecular complexity index is 3220. The Morgan fingerprint density at radius 1 is 0.516 bits per heavy atom. The van der Waals surface area contributed by atoms with E-state index in [1.165, 1.54) is 56.4 Å². The lowest BCUT2D eigenvalue weighted by molar-refractivity contribution is 0.483. The molecule has 1 aliphatic heterocycles. The number of anilines is 4. The molecule has 0 saturated heterocycles. The second-order valence-corrected chi connectivity index (χ2v) is 19.3. The number of hydrogen-bond donors (Lipinski definition) is 0. The molecule has 5 nitrogen and oxygen atoms in total. The highest BCUT2D eigenvalue weighted by molar-refractivity contribution is 6.09. The van der Waals surface area contributed by atoms with E-state index in [4.69, 9.17) is 9.72 Å². The first-order valence-electron chi connectivity index (χ1n) is 22.1. The molecule has 0 radical (unpaired) electrons. The average Bonchev–Trinajstić information content (AvgIpc) is 3.81. The lowest BCUT2D eigenvalue weighted by atomic mass is 9.86. The number of rotatable bonds is 7. The zero-order valence-corrected chi connectivity index (χ0v) is 37.9. The van der Waals surface area contributed by atoms with Crippen LogP contribution in [0, 0.1) is 19.7 Å². The smallest absolute Gasteiger partial charge is 0.138 e. The summed E-state index contributed by atoms with van der Waals surface area (Å²) < 4.78 is 23.8. The van der Waals surface area contributed by atoms with Crippen molar-refractivity contribution in [2.75, 3.05) is 16.5 Å². The van der Waals surface area contributed by atoms with Gasteiger partial charge >= 0.3 is 0 Å². The van der Waals surface area contributed by atoms with Crippen molar-refractivity contribution in [1.29, 1.82) is 0 Å². The third-order valence-electron chi connectivity index (χ3n) is 12.7. The van der Waals surface area contributed by atoms with Crippen LogP contribution in [0.3, 0.4) is 0 Å². The quantitative estimate of drug-likeness (QED) is 0.160. The molecule has 64 heavy (non-hydrogen) atoms. The van der Waals surface area contributed by atoms with Gasteiger partial charge in [-0.3, -0.25) is 4.57 Å². The highest BCUT2D eigenvalue weighted by Crippen LogP contribution is 2.47. The maximum Gasteiger partial charge on any atom is 0.138 e. The first kappa shape index (κ1) is 40.9. The van der Waals surface area contributed by atoms with Crippen molar-refractivity contribution in [1.82, 2.24) is 9.55 Å². The normalized spacial score (nSPS) is 13.0. The van der Waals surface area contributed by atoms with Gasteiger partial charge in [-0.25, -0.2) is 9.37 Å². The predicted molar refractivity (Wildman–Crippen MR) is 265 cm³/mol. The third-order valence-corrected chi connectivity index (χ3v) is 12.7. The largest absolute Gasteiger partial charge is 0.457 e.